The van der Waals surface area contributed by atoms with Gasteiger partial charge < -0.3 is 20.7 Å². The number of hydrogen-bond acceptors (Lipinski definition) is 6. The van der Waals surface area contributed by atoms with Crippen LogP contribution in [0, 0.1) is 0 Å². The van der Waals surface area contributed by atoms with E-state index in [4.69, 9.17) is 9.72 Å². The van der Waals surface area contributed by atoms with Gasteiger partial charge in [0, 0.05) is 35.9 Å². The zero-order valence-corrected chi connectivity index (χ0v) is 20.4. The van der Waals surface area contributed by atoms with Crippen LogP contribution in [-0.4, -0.2) is 38.7 Å². The summed E-state index contributed by atoms with van der Waals surface area (Å²) in [6.45, 7) is 13.5. The molecule has 0 spiro atoms. The molecule has 1 saturated heterocycles. The van der Waals surface area contributed by atoms with Crippen molar-refractivity contribution >= 4 is 23.1 Å². The minimum atomic E-state index is -0.235. The van der Waals surface area contributed by atoms with Gasteiger partial charge in [-0.2, -0.15) is 14.6 Å². The fourth-order valence-corrected chi connectivity index (χ4v) is 4.07. The number of nitrogens with one attached hydrogen (secondary N) is 3. The molecule has 8 nitrogen and oxygen atoms in total. The zero-order valence-electron chi connectivity index (χ0n) is 20.4. The molecule has 0 unspecified atom stereocenters. The van der Waals surface area contributed by atoms with Crippen molar-refractivity contribution in [2.75, 3.05) is 17.2 Å². The van der Waals surface area contributed by atoms with Crippen LogP contribution in [0.15, 0.2) is 49.2 Å². The quantitative estimate of drug-likeness (QED) is 0.427. The Balaban J connectivity index is 1.57. The van der Waals surface area contributed by atoms with Crippen molar-refractivity contribution in [2.45, 2.75) is 64.6 Å². The van der Waals surface area contributed by atoms with Gasteiger partial charge in [-0.05, 0) is 56.4 Å². The molecule has 1 fully saturated rings. The lowest BCUT2D eigenvalue weighted by molar-refractivity contribution is -0.111. The summed E-state index contributed by atoms with van der Waals surface area (Å²) in [6, 6.07) is 9.61. The normalized spacial score (nSPS) is 17.5. The lowest BCUT2D eigenvalue weighted by Gasteiger charge is -2.35. The molecule has 8 heteroatoms. The van der Waals surface area contributed by atoms with Crippen molar-refractivity contribution in [3.63, 3.8) is 0 Å². The SMILES string of the molecule is C=CC(=O)Nc1cccc(CNc2cc(O[C@@H]3CCC(C)(C)NC3)nc3c(C(C)C)cnn23)c1. The first-order valence-corrected chi connectivity index (χ1v) is 11.8. The Morgan fingerprint density at radius 3 is 2.91 bits per heavy atom. The fraction of sp³-hybridized carbons (Fsp3) is 0.423. The van der Waals surface area contributed by atoms with E-state index in [-0.39, 0.29) is 23.5 Å². The number of carbonyl (C=O) groups excluding carboxylic acids is 1. The third-order valence-corrected chi connectivity index (χ3v) is 6.14. The van der Waals surface area contributed by atoms with Crippen molar-refractivity contribution in [3.8, 4) is 5.88 Å². The molecule has 4 rings (SSSR count). The van der Waals surface area contributed by atoms with Gasteiger partial charge in [-0.25, -0.2) is 0 Å². The molecule has 0 saturated carbocycles. The molecule has 1 aliphatic rings. The number of anilines is 2. The van der Waals surface area contributed by atoms with Crippen molar-refractivity contribution in [1.82, 2.24) is 19.9 Å². The Hall–Kier alpha value is -3.39. The van der Waals surface area contributed by atoms with Crippen LogP contribution in [0.4, 0.5) is 11.5 Å². The van der Waals surface area contributed by atoms with E-state index in [2.05, 4.69) is 55.3 Å². The molecule has 3 heterocycles. The first-order valence-electron chi connectivity index (χ1n) is 11.8. The number of rotatable bonds is 8. The summed E-state index contributed by atoms with van der Waals surface area (Å²) in [5.41, 5.74) is 3.75. The molecule has 0 aliphatic carbocycles. The van der Waals surface area contributed by atoms with Gasteiger partial charge in [-0.3, -0.25) is 4.79 Å². The van der Waals surface area contributed by atoms with E-state index < -0.39 is 0 Å². The number of nitrogens with zero attached hydrogens (tertiary/aromatic N) is 3. The number of aromatic nitrogens is 3. The minimum Gasteiger partial charge on any atom is -0.473 e. The minimum absolute atomic E-state index is 0.0754. The monoisotopic (exact) mass is 462 g/mol. The van der Waals surface area contributed by atoms with Crippen LogP contribution >= 0.6 is 0 Å². The standard InChI is InChI=1S/C26H34N6O2/c1-6-23(33)30-19-9-7-8-18(12-19)14-27-22-13-24(34-20-10-11-26(4,5)28-15-20)31-25-21(17(2)3)16-29-32(22)25/h6-9,12-13,16-17,20,27-28H,1,10-11,14-15H2,2-5H3,(H,30,33)/t20-/m1/s1. The molecule has 0 bridgehead atoms. The summed E-state index contributed by atoms with van der Waals surface area (Å²) in [7, 11) is 0. The summed E-state index contributed by atoms with van der Waals surface area (Å²) < 4.78 is 8.14. The zero-order chi connectivity index (χ0) is 24.3. The largest absolute Gasteiger partial charge is 0.473 e. The summed E-state index contributed by atoms with van der Waals surface area (Å²) in [5, 5.41) is 14.4. The predicted octanol–water partition coefficient (Wildman–Crippen LogP) is 4.50. The highest BCUT2D eigenvalue weighted by molar-refractivity contribution is 5.98. The lowest BCUT2D eigenvalue weighted by atomic mass is 9.92. The highest BCUT2D eigenvalue weighted by atomic mass is 16.5. The van der Waals surface area contributed by atoms with Crippen LogP contribution in [0.25, 0.3) is 5.65 Å². The maximum Gasteiger partial charge on any atom is 0.247 e. The maximum absolute atomic E-state index is 11.6. The van der Waals surface area contributed by atoms with E-state index in [1.165, 1.54) is 6.08 Å². The van der Waals surface area contributed by atoms with Crippen molar-refractivity contribution in [3.05, 3.63) is 60.3 Å². The molecule has 1 amide bonds. The molecule has 2 aromatic heterocycles. The molecule has 0 radical (unpaired) electrons. The van der Waals surface area contributed by atoms with Gasteiger partial charge in [0.25, 0.3) is 0 Å². The molecule has 3 aromatic rings. The van der Waals surface area contributed by atoms with E-state index in [0.717, 1.165) is 47.7 Å². The van der Waals surface area contributed by atoms with E-state index in [1.54, 1.807) is 0 Å². The Morgan fingerprint density at radius 2 is 2.21 bits per heavy atom. The maximum atomic E-state index is 11.6. The highest BCUT2D eigenvalue weighted by Crippen LogP contribution is 2.27. The average molecular weight is 463 g/mol. The number of hydrogen-bond donors (Lipinski definition) is 3. The number of piperidine rings is 1. The van der Waals surface area contributed by atoms with Crippen LogP contribution in [0.3, 0.4) is 0 Å². The van der Waals surface area contributed by atoms with E-state index >= 15 is 0 Å². The highest BCUT2D eigenvalue weighted by Gasteiger charge is 2.27. The number of fused-ring (bicyclic) bond motifs is 1. The van der Waals surface area contributed by atoms with Gasteiger partial charge in [-0.1, -0.05) is 32.6 Å². The number of benzene rings is 1. The molecule has 1 atom stereocenters. The molecule has 1 aliphatic heterocycles. The van der Waals surface area contributed by atoms with Gasteiger partial charge in [0.05, 0.1) is 6.20 Å². The number of carbonyl (C=O) groups is 1. The molecular formula is C26H34N6O2. The van der Waals surface area contributed by atoms with Gasteiger partial charge in [0.2, 0.25) is 11.8 Å². The molecule has 3 N–H and O–H groups in total. The fourth-order valence-electron chi connectivity index (χ4n) is 4.07. The van der Waals surface area contributed by atoms with E-state index in [9.17, 15) is 4.79 Å². The van der Waals surface area contributed by atoms with Crippen LogP contribution in [0.1, 0.15) is 57.6 Å². The van der Waals surface area contributed by atoms with Gasteiger partial charge in [0.15, 0.2) is 5.65 Å². The Kier molecular flexibility index (Phi) is 6.88. The molecule has 180 valence electrons. The summed E-state index contributed by atoms with van der Waals surface area (Å²) in [5.74, 6) is 1.45. The van der Waals surface area contributed by atoms with Crippen LogP contribution < -0.4 is 20.7 Å². The van der Waals surface area contributed by atoms with E-state index in [1.807, 2.05) is 41.0 Å². The van der Waals surface area contributed by atoms with Gasteiger partial charge >= 0.3 is 0 Å². The van der Waals surface area contributed by atoms with Crippen LogP contribution in [-0.2, 0) is 11.3 Å². The Morgan fingerprint density at radius 1 is 1.38 bits per heavy atom. The van der Waals surface area contributed by atoms with Crippen LogP contribution in [0.5, 0.6) is 5.88 Å². The first-order chi connectivity index (χ1) is 16.2. The topological polar surface area (TPSA) is 92.6 Å². The number of amides is 1. The van der Waals surface area contributed by atoms with Crippen LogP contribution in [0.2, 0.25) is 0 Å². The predicted molar refractivity (Wildman–Crippen MR) is 135 cm³/mol. The van der Waals surface area contributed by atoms with Crippen molar-refractivity contribution < 1.29 is 9.53 Å². The second-order valence-electron chi connectivity index (χ2n) is 9.76. The second kappa shape index (κ2) is 9.85. The molecule has 1 aromatic carbocycles. The third-order valence-electron chi connectivity index (χ3n) is 6.14. The average Bonchev–Trinajstić information content (AvgIpc) is 3.23. The Labute approximate surface area is 200 Å². The van der Waals surface area contributed by atoms with Gasteiger partial charge in [0.1, 0.15) is 11.9 Å². The van der Waals surface area contributed by atoms with Gasteiger partial charge in [-0.15, -0.1) is 0 Å². The third kappa shape index (κ3) is 5.56. The second-order valence-corrected chi connectivity index (χ2v) is 9.76. The Bertz CT molecular complexity index is 1170. The van der Waals surface area contributed by atoms with E-state index in [0.29, 0.717) is 12.4 Å². The smallest absolute Gasteiger partial charge is 0.247 e. The van der Waals surface area contributed by atoms with Crippen molar-refractivity contribution in [2.24, 2.45) is 0 Å². The summed E-state index contributed by atoms with van der Waals surface area (Å²) >= 11 is 0. The number of ether oxygens (including phenoxy) is 1. The summed E-state index contributed by atoms with van der Waals surface area (Å²) in [6.07, 6.45) is 5.24. The molecular weight excluding hydrogens is 428 g/mol. The first kappa shape index (κ1) is 23.8. The summed E-state index contributed by atoms with van der Waals surface area (Å²) in [4.78, 5) is 16.4. The van der Waals surface area contributed by atoms with Crippen molar-refractivity contribution in [1.29, 1.82) is 0 Å². The lowest BCUT2D eigenvalue weighted by Crippen LogP contribution is -2.50. The molecule has 34 heavy (non-hydrogen) atoms.